The van der Waals surface area contributed by atoms with E-state index in [9.17, 15) is 8.42 Å². The van der Waals surface area contributed by atoms with E-state index in [4.69, 9.17) is 15.6 Å². The van der Waals surface area contributed by atoms with Gasteiger partial charge >= 0.3 is 0 Å². The Morgan fingerprint density at radius 1 is 1.46 bits per heavy atom. The van der Waals surface area contributed by atoms with Gasteiger partial charge in [0.15, 0.2) is 0 Å². The zero-order valence-corrected chi connectivity index (χ0v) is 7.76. The van der Waals surface area contributed by atoms with Gasteiger partial charge in [0.05, 0.1) is 17.7 Å². The summed E-state index contributed by atoms with van der Waals surface area (Å²) >= 11 is 0. The van der Waals surface area contributed by atoms with Crippen LogP contribution in [0.4, 0.5) is 5.69 Å². The number of ether oxygens (including phenoxy) is 1. The minimum Gasteiger partial charge on any atom is -0.495 e. The third-order valence-corrected chi connectivity index (χ3v) is 2.41. The van der Waals surface area contributed by atoms with Crippen molar-refractivity contribution in [3.8, 4) is 5.75 Å². The highest BCUT2D eigenvalue weighted by Gasteiger charge is 2.09. The lowest BCUT2D eigenvalue weighted by Gasteiger charge is -2.04. The van der Waals surface area contributed by atoms with Crippen molar-refractivity contribution >= 4 is 15.7 Å². The Morgan fingerprint density at radius 2 is 2.08 bits per heavy atom. The van der Waals surface area contributed by atoms with Crippen molar-refractivity contribution in [2.24, 2.45) is 5.14 Å². The van der Waals surface area contributed by atoms with E-state index in [2.05, 4.69) is 0 Å². The van der Waals surface area contributed by atoms with Crippen molar-refractivity contribution in [3.05, 3.63) is 18.2 Å². The summed E-state index contributed by atoms with van der Waals surface area (Å²) in [4.78, 5) is -0.0849. The molecule has 0 amide bonds. The highest BCUT2D eigenvalue weighted by Crippen LogP contribution is 2.24. The molecule has 0 bridgehead atoms. The van der Waals surface area contributed by atoms with Crippen molar-refractivity contribution in [2.45, 2.75) is 4.90 Å². The summed E-state index contributed by atoms with van der Waals surface area (Å²) in [5.74, 6) is 0.312. The SMILES string of the molecule is COc1ccc(S(N)(=O)=O)cc1[NH]. The van der Waals surface area contributed by atoms with E-state index < -0.39 is 10.0 Å². The molecular formula is C7H9N2O3S. The van der Waals surface area contributed by atoms with Crippen molar-refractivity contribution in [1.82, 2.24) is 5.73 Å². The predicted molar refractivity (Wildman–Crippen MR) is 47.1 cm³/mol. The zero-order chi connectivity index (χ0) is 10.1. The van der Waals surface area contributed by atoms with Gasteiger partial charge in [-0.2, -0.15) is 0 Å². The Labute approximate surface area is 76.4 Å². The fraction of sp³-hybridized carbons (Fsp3) is 0.143. The van der Waals surface area contributed by atoms with Crippen LogP contribution in [0.25, 0.3) is 0 Å². The lowest BCUT2D eigenvalue weighted by molar-refractivity contribution is 0.415. The van der Waals surface area contributed by atoms with Gasteiger partial charge in [0.25, 0.3) is 0 Å². The number of benzene rings is 1. The maximum atomic E-state index is 10.8. The molecule has 0 saturated heterocycles. The molecule has 0 aliphatic heterocycles. The second-order valence-corrected chi connectivity index (χ2v) is 3.97. The van der Waals surface area contributed by atoms with Crippen LogP contribution in [0.2, 0.25) is 0 Å². The molecule has 3 N–H and O–H groups in total. The lowest BCUT2D eigenvalue weighted by atomic mass is 10.3. The second kappa shape index (κ2) is 3.23. The quantitative estimate of drug-likeness (QED) is 0.743. The molecule has 1 aromatic rings. The highest BCUT2D eigenvalue weighted by molar-refractivity contribution is 7.89. The van der Waals surface area contributed by atoms with Gasteiger partial charge in [0.2, 0.25) is 10.0 Å². The van der Waals surface area contributed by atoms with Crippen LogP contribution < -0.4 is 15.6 Å². The topological polar surface area (TPSA) is 93.2 Å². The second-order valence-electron chi connectivity index (χ2n) is 2.41. The lowest BCUT2D eigenvalue weighted by Crippen LogP contribution is -2.11. The Morgan fingerprint density at radius 3 is 2.46 bits per heavy atom. The average molecular weight is 201 g/mol. The van der Waals surface area contributed by atoms with Gasteiger partial charge < -0.3 is 4.74 Å². The molecule has 0 spiro atoms. The predicted octanol–water partition coefficient (Wildman–Crippen LogP) is 0.257. The average Bonchev–Trinajstić information content (AvgIpc) is 2.02. The van der Waals surface area contributed by atoms with Crippen LogP contribution in [0, 0.1) is 0 Å². The third-order valence-electron chi connectivity index (χ3n) is 1.50. The molecule has 0 fully saturated rings. The molecule has 0 aromatic heterocycles. The van der Waals surface area contributed by atoms with Crippen LogP contribution in [0.1, 0.15) is 0 Å². The molecule has 1 rings (SSSR count). The molecule has 5 nitrogen and oxygen atoms in total. The van der Waals surface area contributed by atoms with E-state index in [1.165, 1.54) is 19.2 Å². The number of nitrogens with two attached hydrogens (primary N) is 1. The van der Waals surface area contributed by atoms with Gasteiger partial charge in [-0.15, -0.1) is 0 Å². The first-order valence-electron chi connectivity index (χ1n) is 3.37. The summed E-state index contributed by atoms with van der Waals surface area (Å²) in [5, 5.41) is 4.87. The van der Waals surface area contributed by atoms with E-state index >= 15 is 0 Å². The molecule has 1 aromatic carbocycles. The normalized spacial score (nSPS) is 11.2. The fourth-order valence-corrected chi connectivity index (χ4v) is 1.40. The summed E-state index contributed by atoms with van der Waals surface area (Å²) in [6.07, 6.45) is 0. The maximum Gasteiger partial charge on any atom is 0.238 e. The van der Waals surface area contributed by atoms with Gasteiger partial charge in [-0.05, 0) is 18.2 Å². The fourth-order valence-electron chi connectivity index (χ4n) is 0.864. The van der Waals surface area contributed by atoms with E-state index in [-0.39, 0.29) is 10.6 Å². The van der Waals surface area contributed by atoms with Crippen molar-refractivity contribution < 1.29 is 13.2 Å². The van der Waals surface area contributed by atoms with Crippen LogP contribution in [0.15, 0.2) is 23.1 Å². The van der Waals surface area contributed by atoms with Crippen molar-refractivity contribution in [2.75, 3.05) is 7.11 Å². The van der Waals surface area contributed by atoms with Gasteiger partial charge in [-0.3, -0.25) is 5.73 Å². The Balaban J connectivity index is 3.26. The standard InChI is InChI=1S/C7H9N2O3S/c1-12-7-3-2-5(4-6(7)8)13(9,10)11/h2-4,8H,1H3,(H2,9,10,11). The van der Waals surface area contributed by atoms with E-state index in [0.717, 1.165) is 6.07 Å². The Hall–Kier alpha value is -1.27. The first-order chi connectivity index (χ1) is 5.95. The molecule has 0 saturated carbocycles. The van der Waals surface area contributed by atoms with Crippen LogP contribution >= 0.6 is 0 Å². The summed E-state index contributed by atoms with van der Waals surface area (Å²) in [5.41, 5.74) is 7.34. The minimum atomic E-state index is -3.73. The maximum absolute atomic E-state index is 10.8. The summed E-state index contributed by atoms with van der Waals surface area (Å²) in [6, 6.07) is 3.84. The van der Waals surface area contributed by atoms with Crippen molar-refractivity contribution in [1.29, 1.82) is 0 Å². The Bertz CT molecular complexity index is 414. The molecule has 13 heavy (non-hydrogen) atoms. The first kappa shape index (κ1) is 9.82. The van der Waals surface area contributed by atoms with Crippen molar-refractivity contribution in [3.63, 3.8) is 0 Å². The zero-order valence-electron chi connectivity index (χ0n) is 6.94. The number of hydrogen-bond donors (Lipinski definition) is 1. The highest BCUT2D eigenvalue weighted by atomic mass is 32.2. The number of primary sulfonamides is 1. The molecular weight excluding hydrogens is 192 g/mol. The first-order valence-corrected chi connectivity index (χ1v) is 4.92. The van der Waals surface area contributed by atoms with Gasteiger partial charge in [-0.1, -0.05) is 0 Å². The number of hydrogen-bond acceptors (Lipinski definition) is 3. The molecule has 0 unspecified atom stereocenters. The number of nitrogens with one attached hydrogen (secondary N) is 1. The van der Waals surface area contributed by atoms with E-state index in [1.54, 1.807) is 0 Å². The molecule has 0 atom stereocenters. The third kappa shape index (κ3) is 2.10. The smallest absolute Gasteiger partial charge is 0.238 e. The molecule has 0 heterocycles. The monoisotopic (exact) mass is 201 g/mol. The van der Waals surface area contributed by atoms with Crippen LogP contribution in [0.3, 0.4) is 0 Å². The number of methoxy groups -OCH3 is 1. The van der Waals surface area contributed by atoms with E-state index in [0.29, 0.717) is 5.75 Å². The van der Waals surface area contributed by atoms with Gasteiger partial charge in [-0.25, -0.2) is 13.6 Å². The molecule has 0 aliphatic rings. The molecule has 71 valence electrons. The van der Waals surface area contributed by atoms with Gasteiger partial charge in [0, 0.05) is 0 Å². The molecule has 0 aliphatic carbocycles. The molecule has 6 heteroatoms. The van der Waals surface area contributed by atoms with E-state index in [1.807, 2.05) is 0 Å². The Kier molecular flexibility index (Phi) is 2.44. The van der Waals surface area contributed by atoms with Crippen LogP contribution in [-0.4, -0.2) is 15.5 Å². The van der Waals surface area contributed by atoms with Crippen LogP contribution in [-0.2, 0) is 10.0 Å². The van der Waals surface area contributed by atoms with Crippen LogP contribution in [0.5, 0.6) is 5.75 Å². The summed E-state index contributed by atoms with van der Waals surface area (Å²) in [7, 11) is -2.32. The largest absolute Gasteiger partial charge is 0.495 e. The number of rotatable bonds is 2. The summed E-state index contributed by atoms with van der Waals surface area (Å²) < 4.78 is 26.5. The minimum absolute atomic E-state index is 0.00553. The summed E-state index contributed by atoms with van der Waals surface area (Å²) in [6.45, 7) is 0. The number of sulfonamides is 1. The van der Waals surface area contributed by atoms with Gasteiger partial charge in [0.1, 0.15) is 5.75 Å². The molecule has 1 radical (unpaired) electrons.